The molecule has 0 amide bonds. The van der Waals surface area contributed by atoms with Crippen LogP contribution in [0.3, 0.4) is 0 Å². The summed E-state index contributed by atoms with van der Waals surface area (Å²) in [5.74, 6) is 0. The molecular weight excluding hydrogens is 138 g/mol. The van der Waals surface area contributed by atoms with Crippen LogP contribution in [-0.2, 0) is 0 Å². The first-order chi connectivity index (χ1) is 5.43. The highest BCUT2D eigenvalue weighted by atomic mass is 15.0. The van der Waals surface area contributed by atoms with E-state index in [-0.39, 0.29) is 0 Å². The summed E-state index contributed by atoms with van der Waals surface area (Å²) in [6.45, 7) is 4.57. The van der Waals surface area contributed by atoms with E-state index in [9.17, 15) is 0 Å². The molecule has 1 rings (SSSR count). The van der Waals surface area contributed by atoms with Crippen LogP contribution in [0.5, 0.6) is 0 Å². The summed E-state index contributed by atoms with van der Waals surface area (Å²) in [6, 6.07) is 0.671. The largest absolute Gasteiger partial charge is 0.320 e. The van der Waals surface area contributed by atoms with Gasteiger partial charge in [-0.15, -0.1) is 0 Å². The zero-order chi connectivity index (χ0) is 7.94. The predicted octanol–water partition coefficient (Wildman–Crippen LogP) is -0.453. The summed E-state index contributed by atoms with van der Waals surface area (Å²) in [7, 11) is 2.00. The minimum absolute atomic E-state index is 0.671. The van der Waals surface area contributed by atoms with Crippen LogP contribution in [0.1, 0.15) is 12.8 Å². The highest BCUT2D eigenvalue weighted by Crippen LogP contribution is 1.93. The molecule has 1 fully saturated rings. The van der Waals surface area contributed by atoms with Crippen LogP contribution in [0.2, 0.25) is 0 Å². The Morgan fingerprint density at radius 2 is 2.36 bits per heavy atom. The van der Waals surface area contributed by atoms with E-state index in [1.165, 1.54) is 25.9 Å². The summed E-state index contributed by atoms with van der Waals surface area (Å²) in [4.78, 5) is 0. The van der Waals surface area contributed by atoms with E-state index in [1.54, 1.807) is 0 Å². The Hall–Kier alpha value is -0.120. The van der Waals surface area contributed by atoms with Crippen molar-refractivity contribution in [3.8, 4) is 0 Å². The second-order valence-electron chi connectivity index (χ2n) is 3.10. The maximum Gasteiger partial charge on any atom is 0.0204 e. The molecule has 1 atom stereocenters. The second-order valence-corrected chi connectivity index (χ2v) is 3.10. The first-order valence-corrected chi connectivity index (χ1v) is 4.52. The van der Waals surface area contributed by atoms with Gasteiger partial charge in [0.15, 0.2) is 0 Å². The third-order valence-electron chi connectivity index (χ3n) is 2.10. The highest BCUT2D eigenvalue weighted by molar-refractivity contribution is 4.73. The minimum Gasteiger partial charge on any atom is -0.320 e. The zero-order valence-electron chi connectivity index (χ0n) is 7.32. The molecule has 0 bridgehead atoms. The number of hydrogen-bond donors (Lipinski definition) is 3. The molecule has 66 valence electrons. The van der Waals surface area contributed by atoms with Gasteiger partial charge >= 0.3 is 0 Å². The Bertz CT molecular complexity index is 87.3. The smallest absolute Gasteiger partial charge is 0.0204 e. The van der Waals surface area contributed by atoms with E-state index < -0.39 is 0 Å². The van der Waals surface area contributed by atoms with Crippen molar-refractivity contribution >= 4 is 0 Å². The van der Waals surface area contributed by atoms with Gasteiger partial charge in [-0.05, 0) is 39.5 Å². The fourth-order valence-electron chi connectivity index (χ4n) is 1.39. The van der Waals surface area contributed by atoms with E-state index in [2.05, 4.69) is 16.0 Å². The molecule has 1 unspecified atom stereocenters. The van der Waals surface area contributed by atoms with Crippen molar-refractivity contribution < 1.29 is 0 Å². The topological polar surface area (TPSA) is 36.1 Å². The Morgan fingerprint density at radius 3 is 3.18 bits per heavy atom. The molecule has 1 saturated heterocycles. The third-order valence-corrected chi connectivity index (χ3v) is 2.10. The maximum atomic E-state index is 3.51. The Morgan fingerprint density at radius 1 is 1.45 bits per heavy atom. The van der Waals surface area contributed by atoms with Gasteiger partial charge in [0.05, 0.1) is 0 Å². The van der Waals surface area contributed by atoms with Gasteiger partial charge in [-0.1, -0.05) is 0 Å². The van der Waals surface area contributed by atoms with E-state index in [4.69, 9.17) is 0 Å². The van der Waals surface area contributed by atoms with Gasteiger partial charge in [-0.3, -0.25) is 0 Å². The van der Waals surface area contributed by atoms with Crippen molar-refractivity contribution in [1.29, 1.82) is 0 Å². The molecule has 0 spiro atoms. The quantitative estimate of drug-likeness (QED) is 0.519. The van der Waals surface area contributed by atoms with Gasteiger partial charge in [0.25, 0.3) is 0 Å². The second kappa shape index (κ2) is 5.52. The van der Waals surface area contributed by atoms with Crippen LogP contribution in [0.15, 0.2) is 0 Å². The van der Waals surface area contributed by atoms with E-state index in [0.717, 1.165) is 13.1 Å². The van der Waals surface area contributed by atoms with Gasteiger partial charge in [0.1, 0.15) is 0 Å². The normalized spacial score (nSPS) is 26.5. The van der Waals surface area contributed by atoms with Crippen molar-refractivity contribution in [3.63, 3.8) is 0 Å². The van der Waals surface area contributed by atoms with Crippen molar-refractivity contribution in [2.24, 2.45) is 0 Å². The van der Waals surface area contributed by atoms with Crippen molar-refractivity contribution in [2.45, 2.75) is 18.9 Å². The van der Waals surface area contributed by atoms with E-state index in [0.29, 0.717) is 6.04 Å². The number of nitrogens with one attached hydrogen (secondary N) is 3. The van der Waals surface area contributed by atoms with Gasteiger partial charge in [0.2, 0.25) is 0 Å². The fraction of sp³-hybridized carbons (Fsp3) is 1.00. The third kappa shape index (κ3) is 3.70. The SMILES string of the molecule is CNCCC1CNCCCN1. The van der Waals surface area contributed by atoms with Gasteiger partial charge in [0, 0.05) is 12.6 Å². The monoisotopic (exact) mass is 157 g/mol. The molecule has 11 heavy (non-hydrogen) atoms. The lowest BCUT2D eigenvalue weighted by molar-refractivity contribution is 0.485. The molecule has 0 aromatic carbocycles. The van der Waals surface area contributed by atoms with Crippen molar-refractivity contribution in [1.82, 2.24) is 16.0 Å². The van der Waals surface area contributed by atoms with Crippen LogP contribution in [0, 0.1) is 0 Å². The molecule has 3 heteroatoms. The molecular formula is C8H19N3. The van der Waals surface area contributed by atoms with Gasteiger partial charge in [-0.2, -0.15) is 0 Å². The lowest BCUT2D eigenvalue weighted by Gasteiger charge is -2.14. The molecule has 1 heterocycles. The molecule has 0 saturated carbocycles. The van der Waals surface area contributed by atoms with Gasteiger partial charge < -0.3 is 16.0 Å². The van der Waals surface area contributed by atoms with Gasteiger partial charge in [-0.25, -0.2) is 0 Å². The zero-order valence-corrected chi connectivity index (χ0v) is 7.32. The summed E-state index contributed by atoms with van der Waals surface area (Å²) in [5.41, 5.74) is 0. The maximum absolute atomic E-state index is 3.51. The Labute approximate surface area is 68.9 Å². The molecule has 0 aliphatic carbocycles. The van der Waals surface area contributed by atoms with Crippen LogP contribution in [0.4, 0.5) is 0 Å². The average Bonchev–Trinajstić information content (AvgIpc) is 2.28. The lowest BCUT2D eigenvalue weighted by atomic mass is 10.2. The number of hydrogen-bond acceptors (Lipinski definition) is 3. The Kier molecular flexibility index (Phi) is 4.50. The van der Waals surface area contributed by atoms with Crippen molar-refractivity contribution in [3.05, 3.63) is 0 Å². The molecule has 0 aromatic rings. The molecule has 1 aliphatic rings. The molecule has 0 aromatic heterocycles. The standard InChI is InChI=1S/C8H19N3/c1-9-6-3-8-7-10-4-2-5-11-8/h8-11H,2-7H2,1H3. The number of rotatable bonds is 3. The van der Waals surface area contributed by atoms with Crippen LogP contribution < -0.4 is 16.0 Å². The molecule has 1 aliphatic heterocycles. The Balaban J connectivity index is 2.09. The summed E-state index contributed by atoms with van der Waals surface area (Å²) in [5, 5.41) is 10.1. The summed E-state index contributed by atoms with van der Waals surface area (Å²) < 4.78 is 0. The van der Waals surface area contributed by atoms with Crippen LogP contribution in [0.25, 0.3) is 0 Å². The molecule has 3 N–H and O–H groups in total. The first kappa shape index (κ1) is 8.97. The minimum atomic E-state index is 0.671. The summed E-state index contributed by atoms with van der Waals surface area (Å²) >= 11 is 0. The van der Waals surface area contributed by atoms with E-state index in [1.807, 2.05) is 7.05 Å². The highest BCUT2D eigenvalue weighted by Gasteiger charge is 2.08. The van der Waals surface area contributed by atoms with Crippen molar-refractivity contribution in [2.75, 3.05) is 33.2 Å². The molecule has 0 radical (unpaired) electrons. The predicted molar refractivity (Wildman–Crippen MR) is 47.8 cm³/mol. The molecule has 3 nitrogen and oxygen atoms in total. The van der Waals surface area contributed by atoms with Crippen LogP contribution >= 0.6 is 0 Å². The summed E-state index contributed by atoms with van der Waals surface area (Å²) in [6.07, 6.45) is 2.49. The first-order valence-electron chi connectivity index (χ1n) is 4.52. The lowest BCUT2D eigenvalue weighted by Crippen LogP contribution is -2.37. The van der Waals surface area contributed by atoms with Crippen LogP contribution in [-0.4, -0.2) is 39.3 Å². The average molecular weight is 157 g/mol. The fourth-order valence-corrected chi connectivity index (χ4v) is 1.39. The van der Waals surface area contributed by atoms with E-state index >= 15 is 0 Å².